The highest BCUT2D eigenvalue weighted by Gasteiger charge is 2.09. The number of hydrogen-bond acceptors (Lipinski definition) is 1. The van der Waals surface area contributed by atoms with Crippen molar-refractivity contribution in [2.24, 2.45) is 5.92 Å². The highest BCUT2D eigenvalue weighted by molar-refractivity contribution is 5.97. The van der Waals surface area contributed by atoms with Crippen molar-refractivity contribution in [3.8, 4) is 0 Å². The first kappa shape index (κ1) is 15.5. The van der Waals surface area contributed by atoms with Crippen molar-refractivity contribution in [1.82, 2.24) is 0 Å². The number of rotatable bonds is 5. The van der Waals surface area contributed by atoms with Gasteiger partial charge in [0.1, 0.15) is 0 Å². The molecule has 1 nitrogen and oxygen atoms in total. The number of ketones is 1. The van der Waals surface area contributed by atoms with E-state index in [2.05, 4.69) is 52.0 Å². The van der Waals surface area contributed by atoms with E-state index in [0.29, 0.717) is 12.3 Å². The normalized spacial score (nSPS) is 10.9. The van der Waals surface area contributed by atoms with E-state index in [9.17, 15) is 4.79 Å². The first-order valence-electron chi connectivity index (χ1n) is 7.63. The van der Waals surface area contributed by atoms with Crippen LogP contribution >= 0.6 is 0 Å². The minimum Gasteiger partial charge on any atom is -0.294 e. The summed E-state index contributed by atoms with van der Waals surface area (Å²) in [5.74, 6) is 0.806. The van der Waals surface area contributed by atoms with Gasteiger partial charge in [-0.3, -0.25) is 4.79 Å². The van der Waals surface area contributed by atoms with Gasteiger partial charge in [0.25, 0.3) is 0 Å². The Labute approximate surface area is 128 Å². The molecule has 0 N–H and O–H groups in total. The number of aryl methyl sites for hydroxylation is 2. The molecule has 0 unspecified atom stereocenters. The molecular formula is C20H24O. The summed E-state index contributed by atoms with van der Waals surface area (Å²) in [4.78, 5) is 12.5. The molecule has 110 valence electrons. The van der Waals surface area contributed by atoms with E-state index >= 15 is 0 Å². The summed E-state index contributed by atoms with van der Waals surface area (Å²) in [5.41, 5.74) is 5.60. The van der Waals surface area contributed by atoms with Crippen LogP contribution in [0, 0.1) is 19.8 Å². The van der Waals surface area contributed by atoms with Crippen molar-refractivity contribution in [1.29, 1.82) is 0 Å². The molecular weight excluding hydrogens is 256 g/mol. The van der Waals surface area contributed by atoms with Gasteiger partial charge in [-0.1, -0.05) is 61.4 Å². The predicted octanol–water partition coefficient (Wildman–Crippen LogP) is 4.93. The van der Waals surface area contributed by atoms with Crippen molar-refractivity contribution in [2.45, 2.75) is 40.5 Å². The lowest BCUT2D eigenvalue weighted by Crippen LogP contribution is -2.05. The Morgan fingerprint density at radius 3 is 2.24 bits per heavy atom. The fourth-order valence-electron chi connectivity index (χ4n) is 2.80. The zero-order valence-electron chi connectivity index (χ0n) is 13.4. The van der Waals surface area contributed by atoms with E-state index in [4.69, 9.17) is 0 Å². The van der Waals surface area contributed by atoms with Gasteiger partial charge in [-0.05, 0) is 43.4 Å². The Bertz CT molecular complexity index is 618. The van der Waals surface area contributed by atoms with Gasteiger partial charge in [0, 0.05) is 12.0 Å². The van der Waals surface area contributed by atoms with Crippen molar-refractivity contribution in [3.05, 3.63) is 70.3 Å². The standard InChI is InChI=1S/C20H24O/c1-14(2)8-17-6-5-7-19(12-17)20(21)13-18-10-15(3)9-16(4)11-18/h5-7,9-12,14H,8,13H2,1-4H3. The van der Waals surface area contributed by atoms with Crippen molar-refractivity contribution in [2.75, 3.05) is 0 Å². The van der Waals surface area contributed by atoms with Crippen LogP contribution in [0.3, 0.4) is 0 Å². The second-order valence-electron chi connectivity index (χ2n) is 6.39. The molecule has 0 saturated carbocycles. The number of Topliss-reactive ketones (excluding diaryl/α,β-unsaturated/α-hetero) is 1. The molecule has 0 atom stereocenters. The molecule has 0 bridgehead atoms. The van der Waals surface area contributed by atoms with Gasteiger partial charge in [-0.2, -0.15) is 0 Å². The highest BCUT2D eigenvalue weighted by atomic mass is 16.1. The Balaban J connectivity index is 2.16. The Kier molecular flexibility index (Phi) is 4.95. The molecule has 21 heavy (non-hydrogen) atoms. The number of hydrogen-bond donors (Lipinski definition) is 0. The van der Waals surface area contributed by atoms with E-state index in [0.717, 1.165) is 17.5 Å². The van der Waals surface area contributed by atoms with Gasteiger partial charge < -0.3 is 0 Å². The number of benzene rings is 2. The molecule has 2 rings (SSSR count). The molecule has 0 aliphatic rings. The second kappa shape index (κ2) is 6.71. The lowest BCUT2D eigenvalue weighted by Gasteiger charge is -2.08. The smallest absolute Gasteiger partial charge is 0.167 e. The number of carbonyl (C=O) groups is 1. The first-order valence-corrected chi connectivity index (χ1v) is 7.63. The minimum atomic E-state index is 0.200. The van der Waals surface area contributed by atoms with Gasteiger partial charge in [0.15, 0.2) is 5.78 Å². The third-order valence-corrected chi connectivity index (χ3v) is 3.54. The lowest BCUT2D eigenvalue weighted by atomic mass is 9.96. The van der Waals surface area contributed by atoms with Crippen LogP contribution < -0.4 is 0 Å². The van der Waals surface area contributed by atoms with Gasteiger partial charge in [-0.25, -0.2) is 0 Å². The number of carbonyl (C=O) groups excluding carboxylic acids is 1. The molecule has 0 amide bonds. The molecule has 0 fully saturated rings. The molecule has 0 saturated heterocycles. The molecule has 0 radical (unpaired) electrons. The molecule has 0 aromatic heterocycles. The lowest BCUT2D eigenvalue weighted by molar-refractivity contribution is 0.0993. The average molecular weight is 280 g/mol. The van der Waals surface area contributed by atoms with E-state index in [1.165, 1.54) is 16.7 Å². The van der Waals surface area contributed by atoms with E-state index in [-0.39, 0.29) is 5.78 Å². The van der Waals surface area contributed by atoms with Crippen LogP contribution in [0.2, 0.25) is 0 Å². The minimum absolute atomic E-state index is 0.200. The molecule has 0 aliphatic carbocycles. The van der Waals surface area contributed by atoms with Crippen LogP contribution in [0.5, 0.6) is 0 Å². The van der Waals surface area contributed by atoms with Crippen LogP contribution in [0.4, 0.5) is 0 Å². The largest absolute Gasteiger partial charge is 0.294 e. The molecule has 2 aromatic rings. The van der Waals surface area contributed by atoms with Crippen LogP contribution in [-0.2, 0) is 12.8 Å². The highest BCUT2D eigenvalue weighted by Crippen LogP contribution is 2.15. The van der Waals surface area contributed by atoms with Crippen molar-refractivity contribution >= 4 is 5.78 Å². The molecule has 1 heteroatoms. The zero-order chi connectivity index (χ0) is 15.4. The van der Waals surface area contributed by atoms with Crippen molar-refractivity contribution < 1.29 is 4.79 Å². The second-order valence-corrected chi connectivity index (χ2v) is 6.39. The summed E-state index contributed by atoms with van der Waals surface area (Å²) in [6.07, 6.45) is 1.50. The molecule has 0 heterocycles. The fraction of sp³-hybridized carbons (Fsp3) is 0.350. The average Bonchev–Trinajstić information content (AvgIpc) is 2.36. The van der Waals surface area contributed by atoms with E-state index < -0.39 is 0 Å². The predicted molar refractivity (Wildman–Crippen MR) is 88.9 cm³/mol. The maximum Gasteiger partial charge on any atom is 0.167 e. The monoisotopic (exact) mass is 280 g/mol. The zero-order valence-corrected chi connectivity index (χ0v) is 13.4. The van der Waals surface area contributed by atoms with Crippen LogP contribution in [-0.4, -0.2) is 5.78 Å². The summed E-state index contributed by atoms with van der Waals surface area (Å²) in [6.45, 7) is 8.54. The van der Waals surface area contributed by atoms with Gasteiger partial charge in [0.2, 0.25) is 0 Å². The van der Waals surface area contributed by atoms with E-state index in [1.807, 2.05) is 18.2 Å². The summed E-state index contributed by atoms with van der Waals surface area (Å²) in [7, 11) is 0. The van der Waals surface area contributed by atoms with Gasteiger partial charge >= 0.3 is 0 Å². The topological polar surface area (TPSA) is 17.1 Å². The van der Waals surface area contributed by atoms with Gasteiger partial charge in [-0.15, -0.1) is 0 Å². The first-order chi connectivity index (χ1) is 9.94. The molecule has 0 spiro atoms. The quantitative estimate of drug-likeness (QED) is 0.710. The molecule has 0 aliphatic heterocycles. The maximum absolute atomic E-state index is 12.5. The van der Waals surface area contributed by atoms with Crippen LogP contribution in [0.1, 0.15) is 46.5 Å². The summed E-state index contributed by atoms with van der Waals surface area (Å²) in [5, 5.41) is 0. The molecule has 2 aromatic carbocycles. The van der Waals surface area contributed by atoms with Crippen molar-refractivity contribution in [3.63, 3.8) is 0 Å². The SMILES string of the molecule is Cc1cc(C)cc(CC(=O)c2cccc(CC(C)C)c2)c1. The summed E-state index contributed by atoms with van der Waals surface area (Å²) in [6, 6.07) is 14.4. The van der Waals surface area contributed by atoms with Crippen LogP contribution in [0.25, 0.3) is 0 Å². The fourth-order valence-corrected chi connectivity index (χ4v) is 2.80. The Morgan fingerprint density at radius 1 is 0.952 bits per heavy atom. The Hall–Kier alpha value is -1.89. The third kappa shape index (κ3) is 4.56. The summed E-state index contributed by atoms with van der Waals surface area (Å²) >= 11 is 0. The van der Waals surface area contributed by atoms with Gasteiger partial charge in [0.05, 0.1) is 0 Å². The Morgan fingerprint density at radius 2 is 1.62 bits per heavy atom. The van der Waals surface area contributed by atoms with E-state index in [1.54, 1.807) is 0 Å². The third-order valence-electron chi connectivity index (χ3n) is 3.54. The maximum atomic E-state index is 12.5. The summed E-state index contributed by atoms with van der Waals surface area (Å²) < 4.78 is 0. The van der Waals surface area contributed by atoms with Crippen LogP contribution in [0.15, 0.2) is 42.5 Å².